The molecule has 2 N–H and O–H groups in total. The summed E-state index contributed by atoms with van der Waals surface area (Å²) in [6.45, 7) is 2.14. The minimum atomic E-state index is -0.728. The third-order valence-electron chi connectivity index (χ3n) is 3.43. The SMILES string of the molecule is Cc1ccoc1C(=O)NCC1(O)CCCCC1. The maximum atomic E-state index is 11.8. The summed E-state index contributed by atoms with van der Waals surface area (Å²) in [7, 11) is 0. The van der Waals surface area contributed by atoms with Crippen LogP contribution in [-0.2, 0) is 0 Å². The average molecular weight is 237 g/mol. The van der Waals surface area contributed by atoms with E-state index in [1.165, 1.54) is 12.7 Å². The van der Waals surface area contributed by atoms with Crippen molar-refractivity contribution in [3.05, 3.63) is 23.7 Å². The number of hydrogen-bond donors (Lipinski definition) is 2. The lowest BCUT2D eigenvalue weighted by atomic mass is 9.85. The lowest BCUT2D eigenvalue weighted by molar-refractivity contribution is 0.00501. The fourth-order valence-corrected chi connectivity index (χ4v) is 2.32. The van der Waals surface area contributed by atoms with E-state index in [2.05, 4.69) is 5.32 Å². The van der Waals surface area contributed by atoms with E-state index in [1.54, 1.807) is 6.07 Å². The lowest BCUT2D eigenvalue weighted by Crippen LogP contribution is -2.44. The van der Waals surface area contributed by atoms with Gasteiger partial charge < -0.3 is 14.8 Å². The summed E-state index contributed by atoms with van der Waals surface area (Å²) >= 11 is 0. The molecule has 0 aromatic carbocycles. The highest BCUT2D eigenvalue weighted by atomic mass is 16.3. The van der Waals surface area contributed by atoms with Crippen LogP contribution in [0.5, 0.6) is 0 Å². The lowest BCUT2D eigenvalue weighted by Gasteiger charge is -2.31. The van der Waals surface area contributed by atoms with Crippen LogP contribution in [0.4, 0.5) is 0 Å². The van der Waals surface area contributed by atoms with Crippen LogP contribution in [0.3, 0.4) is 0 Å². The zero-order valence-corrected chi connectivity index (χ0v) is 10.2. The van der Waals surface area contributed by atoms with E-state index in [9.17, 15) is 9.90 Å². The first-order valence-electron chi connectivity index (χ1n) is 6.15. The van der Waals surface area contributed by atoms with Gasteiger partial charge >= 0.3 is 0 Å². The normalized spacial score (nSPS) is 18.9. The number of nitrogens with one attached hydrogen (secondary N) is 1. The van der Waals surface area contributed by atoms with E-state index < -0.39 is 5.60 Å². The van der Waals surface area contributed by atoms with Gasteiger partial charge in [-0.2, -0.15) is 0 Å². The van der Waals surface area contributed by atoms with E-state index in [0.29, 0.717) is 12.3 Å². The Labute approximate surface area is 101 Å². The van der Waals surface area contributed by atoms with Crippen molar-refractivity contribution in [2.45, 2.75) is 44.6 Å². The van der Waals surface area contributed by atoms with Crippen LogP contribution in [0.25, 0.3) is 0 Å². The van der Waals surface area contributed by atoms with Crippen LogP contribution < -0.4 is 5.32 Å². The predicted molar refractivity (Wildman–Crippen MR) is 63.8 cm³/mol. The van der Waals surface area contributed by atoms with Crippen LogP contribution in [0.1, 0.15) is 48.2 Å². The Bertz CT molecular complexity index is 391. The Morgan fingerprint density at radius 2 is 2.18 bits per heavy atom. The molecule has 1 fully saturated rings. The van der Waals surface area contributed by atoms with Gasteiger partial charge in [0.15, 0.2) is 5.76 Å². The highest BCUT2D eigenvalue weighted by molar-refractivity contribution is 5.92. The number of aliphatic hydroxyl groups is 1. The van der Waals surface area contributed by atoms with E-state index in [1.807, 2.05) is 6.92 Å². The molecule has 1 saturated carbocycles. The molecule has 0 saturated heterocycles. The third kappa shape index (κ3) is 2.88. The van der Waals surface area contributed by atoms with Crippen LogP contribution in [-0.4, -0.2) is 23.2 Å². The number of rotatable bonds is 3. The number of carbonyl (C=O) groups excluding carboxylic acids is 1. The van der Waals surface area contributed by atoms with Crippen molar-refractivity contribution in [2.24, 2.45) is 0 Å². The molecule has 1 amide bonds. The standard InChI is InChI=1S/C13H19NO3/c1-10-5-8-17-11(10)12(15)14-9-13(16)6-3-2-4-7-13/h5,8,16H,2-4,6-7,9H2,1H3,(H,14,15). The molecule has 4 nitrogen and oxygen atoms in total. The van der Waals surface area contributed by atoms with Gasteiger partial charge in [0, 0.05) is 12.1 Å². The summed E-state index contributed by atoms with van der Waals surface area (Å²) in [5, 5.41) is 13.0. The Morgan fingerprint density at radius 1 is 1.47 bits per heavy atom. The van der Waals surface area contributed by atoms with Crippen LogP contribution in [0.2, 0.25) is 0 Å². The van der Waals surface area contributed by atoms with Crippen LogP contribution >= 0.6 is 0 Å². The first-order valence-corrected chi connectivity index (χ1v) is 6.15. The fourth-order valence-electron chi connectivity index (χ4n) is 2.32. The van der Waals surface area contributed by atoms with Gasteiger partial charge in [0.25, 0.3) is 5.91 Å². The summed E-state index contributed by atoms with van der Waals surface area (Å²) < 4.78 is 5.11. The minimum absolute atomic E-state index is 0.244. The number of carbonyl (C=O) groups is 1. The molecule has 0 aliphatic heterocycles. The van der Waals surface area contributed by atoms with Gasteiger partial charge in [-0.05, 0) is 25.8 Å². The predicted octanol–water partition coefficient (Wildman–Crippen LogP) is 2.01. The first kappa shape index (κ1) is 12.2. The van der Waals surface area contributed by atoms with Crippen molar-refractivity contribution in [1.82, 2.24) is 5.32 Å². The molecule has 0 radical (unpaired) electrons. The highest BCUT2D eigenvalue weighted by Gasteiger charge is 2.29. The summed E-state index contributed by atoms with van der Waals surface area (Å²) in [6, 6.07) is 1.75. The molecule has 1 aromatic rings. The van der Waals surface area contributed by atoms with Crippen molar-refractivity contribution in [3.8, 4) is 0 Å². The van der Waals surface area contributed by atoms with E-state index in [4.69, 9.17) is 4.42 Å². The van der Waals surface area contributed by atoms with Gasteiger partial charge in [-0.1, -0.05) is 19.3 Å². The molecular formula is C13H19NO3. The molecule has 0 spiro atoms. The molecular weight excluding hydrogens is 218 g/mol. The van der Waals surface area contributed by atoms with Crippen LogP contribution in [0.15, 0.2) is 16.7 Å². The summed E-state index contributed by atoms with van der Waals surface area (Å²) in [6.07, 6.45) is 6.28. The molecule has 1 heterocycles. The summed E-state index contributed by atoms with van der Waals surface area (Å²) in [5.74, 6) is 0.0934. The molecule has 1 aliphatic carbocycles. The molecule has 94 valence electrons. The zero-order chi connectivity index (χ0) is 12.3. The monoisotopic (exact) mass is 237 g/mol. The Kier molecular flexibility index (Phi) is 3.52. The number of furan rings is 1. The Balaban J connectivity index is 1.90. The molecule has 2 rings (SSSR count). The largest absolute Gasteiger partial charge is 0.459 e. The molecule has 4 heteroatoms. The van der Waals surface area contributed by atoms with Gasteiger partial charge in [-0.3, -0.25) is 4.79 Å². The van der Waals surface area contributed by atoms with E-state index in [-0.39, 0.29) is 5.91 Å². The average Bonchev–Trinajstić information content (AvgIpc) is 2.74. The topological polar surface area (TPSA) is 62.5 Å². The zero-order valence-electron chi connectivity index (χ0n) is 10.2. The summed E-state index contributed by atoms with van der Waals surface area (Å²) in [4.78, 5) is 11.8. The van der Waals surface area contributed by atoms with Gasteiger partial charge in [-0.15, -0.1) is 0 Å². The second kappa shape index (κ2) is 4.92. The second-order valence-corrected chi connectivity index (χ2v) is 4.90. The second-order valence-electron chi connectivity index (χ2n) is 4.90. The van der Waals surface area contributed by atoms with Gasteiger partial charge in [0.05, 0.1) is 11.9 Å². The van der Waals surface area contributed by atoms with E-state index in [0.717, 1.165) is 31.2 Å². The molecule has 17 heavy (non-hydrogen) atoms. The number of aryl methyl sites for hydroxylation is 1. The molecule has 0 bridgehead atoms. The fraction of sp³-hybridized carbons (Fsp3) is 0.615. The van der Waals surface area contributed by atoms with Gasteiger partial charge in [0.1, 0.15) is 0 Å². The van der Waals surface area contributed by atoms with Crippen LogP contribution in [0, 0.1) is 6.92 Å². The molecule has 1 aliphatic rings. The van der Waals surface area contributed by atoms with Gasteiger partial charge in [-0.25, -0.2) is 0 Å². The van der Waals surface area contributed by atoms with Crippen molar-refractivity contribution in [3.63, 3.8) is 0 Å². The Hall–Kier alpha value is -1.29. The highest BCUT2D eigenvalue weighted by Crippen LogP contribution is 2.27. The van der Waals surface area contributed by atoms with Crippen molar-refractivity contribution in [1.29, 1.82) is 0 Å². The van der Waals surface area contributed by atoms with Gasteiger partial charge in [0.2, 0.25) is 0 Å². The third-order valence-corrected chi connectivity index (χ3v) is 3.43. The molecule has 0 unspecified atom stereocenters. The molecule has 1 aromatic heterocycles. The Morgan fingerprint density at radius 3 is 2.76 bits per heavy atom. The number of amides is 1. The van der Waals surface area contributed by atoms with Crippen molar-refractivity contribution >= 4 is 5.91 Å². The first-order chi connectivity index (χ1) is 8.11. The smallest absolute Gasteiger partial charge is 0.287 e. The maximum Gasteiger partial charge on any atom is 0.287 e. The minimum Gasteiger partial charge on any atom is -0.459 e. The molecule has 0 atom stereocenters. The van der Waals surface area contributed by atoms with Crippen molar-refractivity contribution < 1.29 is 14.3 Å². The van der Waals surface area contributed by atoms with Crippen molar-refractivity contribution in [2.75, 3.05) is 6.54 Å². The summed E-state index contributed by atoms with van der Waals surface area (Å²) in [5.41, 5.74) is 0.0899. The maximum absolute atomic E-state index is 11.8. The van der Waals surface area contributed by atoms with E-state index >= 15 is 0 Å². The number of hydrogen-bond acceptors (Lipinski definition) is 3. The quantitative estimate of drug-likeness (QED) is 0.845.